The number of carbonyl (C=O) groups is 1. The third kappa shape index (κ3) is 6.83. The van der Waals surface area contributed by atoms with Gasteiger partial charge < -0.3 is 19.4 Å². The molecular weight excluding hydrogens is 415 g/mol. The summed E-state index contributed by atoms with van der Waals surface area (Å²) >= 11 is 0. The van der Waals surface area contributed by atoms with Crippen LogP contribution >= 0.6 is 0 Å². The molecule has 2 heterocycles. The highest BCUT2D eigenvalue weighted by Gasteiger charge is 2.34. The van der Waals surface area contributed by atoms with E-state index in [1.54, 1.807) is 18.2 Å². The number of hydrogen-bond acceptors (Lipinski definition) is 5. The first-order chi connectivity index (χ1) is 14.8. The van der Waals surface area contributed by atoms with Crippen molar-refractivity contribution >= 4 is 5.91 Å². The van der Waals surface area contributed by atoms with Crippen molar-refractivity contribution in [3.63, 3.8) is 0 Å². The normalized spacial score (nSPS) is 14.9. The van der Waals surface area contributed by atoms with Gasteiger partial charge in [-0.1, -0.05) is 12.1 Å². The Balaban J connectivity index is 1.49. The summed E-state index contributed by atoms with van der Waals surface area (Å²) in [5.41, 5.74) is -1.78. The Morgan fingerprint density at radius 3 is 2.68 bits per heavy atom. The van der Waals surface area contributed by atoms with Gasteiger partial charge in [-0.05, 0) is 29.8 Å². The van der Waals surface area contributed by atoms with Gasteiger partial charge in [0.25, 0.3) is 5.56 Å². The molecule has 0 aliphatic carbocycles. The molecule has 1 aliphatic rings. The van der Waals surface area contributed by atoms with Crippen LogP contribution < -0.4 is 15.6 Å². The van der Waals surface area contributed by atoms with Crippen molar-refractivity contribution < 1.29 is 27.4 Å². The molecule has 0 atom stereocenters. The lowest BCUT2D eigenvalue weighted by Crippen LogP contribution is -2.38. The van der Waals surface area contributed by atoms with Crippen LogP contribution in [0.15, 0.2) is 47.4 Å². The first-order valence-corrected chi connectivity index (χ1v) is 9.88. The smallest absolute Gasteiger partial charge is 0.421 e. The fourth-order valence-corrected chi connectivity index (χ4v) is 3.15. The summed E-state index contributed by atoms with van der Waals surface area (Å²) in [6, 6.07) is 8.98. The average Bonchev–Trinajstić information content (AvgIpc) is 2.74. The van der Waals surface area contributed by atoms with E-state index in [1.807, 2.05) is 6.07 Å². The summed E-state index contributed by atoms with van der Waals surface area (Å²) in [6.07, 6.45) is -3.61. The Bertz CT molecular complexity index is 940. The predicted molar refractivity (Wildman–Crippen MR) is 107 cm³/mol. The fraction of sp³-hybridized carbons (Fsp3) is 0.429. The highest BCUT2D eigenvalue weighted by molar-refractivity contribution is 5.75. The molecule has 1 N–H and O–H groups in total. The van der Waals surface area contributed by atoms with Gasteiger partial charge in [0.15, 0.2) is 0 Å². The van der Waals surface area contributed by atoms with Gasteiger partial charge >= 0.3 is 6.18 Å². The molecule has 1 aromatic carbocycles. The number of morpholine rings is 1. The summed E-state index contributed by atoms with van der Waals surface area (Å²) in [7, 11) is 0. The number of aromatic nitrogens is 1. The predicted octanol–water partition coefficient (Wildman–Crippen LogP) is 1.89. The standard InChI is InChI=1S/C21H24F3N3O4/c22-21(23,24)18-5-2-6-27(20(18)29)15-19(28)25-14-16-3-1-4-17(13-16)31-12-9-26-7-10-30-11-8-26/h1-6,13H,7-12,14-15H2,(H,25,28). The Kier molecular flexibility index (Phi) is 7.69. The van der Waals surface area contributed by atoms with Gasteiger partial charge in [0.2, 0.25) is 5.91 Å². The van der Waals surface area contributed by atoms with Crippen molar-refractivity contribution in [1.82, 2.24) is 14.8 Å². The minimum atomic E-state index is -4.77. The minimum absolute atomic E-state index is 0.160. The number of benzene rings is 1. The maximum atomic E-state index is 12.8. The van der Waals surface area contributed by atoms with E-state index in [1.165, 1.54) is 0 Å². The van der Waals surface area contributed by atoms with E-state index in [2.05, 4.69) is 10.2 Å². The first-order valence-electron chi connectivity index (χ1n) is 9.88. The van der Waals surface area contributed by atoms with Crippen LogP contribution in [0.5, 0.6) is 5.75 Å². The zero-order valence-electron chi connectivity index (χ0n) is 16.9. The lowest BCUT2D eigenvalue weighted by Gasteiger charge is -2.26. The third-order valence-corrected chi connectivity index (χ3v) is 4.81. The van der Waals surface area contributed by atoms with E-state index in [9.17, 15) is 22.8 Å². The molecule has 0 bridgehead atoms. The number of pyridine rings is 1. The van der Waals surface area contributed by atoms with Crippen LogP contribution in [0.25, 0.3) is 0 Å². The SMILES string of the molecule is O=C(Cn1cccc(C(F)(F)F)c1=O)NCc1cccc(OCCN2CCOCC2)c1. The van der Waals surface area contributed by atoms with Crippen LogP contribution in [0.2, 0.25) is 0 Å². The second-order valence-corrected chi connectivity index (χ2v) is 7.08. The molecule has 7 nitrogen and oxygen atoms in total. The highest BCUT2D eigenvalue weighted by atomic mass is 19.4. The first kappa shape index (κ1) is 22.8. The van der Waals surface area contributed by atoms with Crippen LogP contribution in [0.3, 0.4) is 0 Å². The van der Waals surface area contributed by atoms with Crippen molar-refractivity contribution in [2.24, 2.45) is 0 Å². The van der Waals surface area contributed by atoms with Crippen LogP contribution in [-0.4, -0.2) is 54.8 Å². The van der Waals surface area contributed by atoms with Crippen LogP contribution in [0.1, 0.15) is 11.1 Å². The number of rotatable bonds is 8. The molecule has 3 rings (SSSR count). The number of hydrogen-bond donors (Lipinski definition) is 1. The Hall–Kier alpha value is -2.85. The molecule has 0 spiro atoms. The molecule has 1 saturated heterocycles. The third-order valence-electron chi connectivity index (χ3n) is 4.81. The van der Waals surface area contributed by atoms with Crippen LogP contribution in [-0.2, 0) is 28.8 Å². The van der Waals surface area contributed by atoms with E-state index < -0.39 is 29.8 Å². The van der Waals surface area contributed by atoms with E-state index >= 15 is 0 Å². The molecule has 1 aromatic heterocycles. The number of nitrogens with one attached hydrogen (secondary N) is 1. The van der Waals surface area contributed by atoms with E-state index in [0.717, 1.165) is 55.2 Å². The van der Waals surface area contributed by atoms with E-state index in [-0.39, 0.29) is 6.54 Å². The van der Waals surface area contributed by atoms with Crippen molar-refractivity contribution in [2.75, 3.05) is 39.5 Å². The van der Waals surface area contributed by atoms with Gasteiger partial charge in [-0.15, -0.1) is 0 Å². The maximum absolute atomic E-state index is 12.8. The zero-order valence-corrected chi connectivity index (χ0v) is 16.9. The topological polar surface area (TPSA) is 72.8 Å². The second-order valence-electron chi connectivity index (χ2n) is 7.08. The molecule has 0 radical (unpaired) electrons. The summed E-state index contributed by atoms with van der Waals surface area (Å²) in [5, 5.41) is 2.61. The largest absolute Gasteiger partial charge is 0.492 e. The molecule has 0 saturated carbocycles. The number of halogens is 3. The Morgan fingerprint density at radius 1 is 1.16 bits per heavy atom. The van der Waals surface area contributed by atoms with Crippen molar-refractivity contribution in [2.45, 2.75) is 19.3 Å². The summed E-state index contributed by atoms with van der Waals surface area (Å²) in [5.74, 6) is 0.0918. The quantitative estimate of drug-likeness (QED) is 0.680. The molecule has 168 valence electrons. The monoisotopic (exact) mass is 439 g/mol. The van der Waals surface area contributed by atoms with Gasteiger partial charge in [0.05, 0.1) is 13.2 Å². The lowest BCUT2D eigenvalue weighted by atomic mass is 10.2. The van der Waals surface area contributed by atoms with Gasteiger partial charge in [0, 0.05) is 32.4 Å². The average molecular weight is 439 g/mol. The number of amides is 1. The number of alkyl halides is 3. The molecule has 31 heavy (non-hydrogen) atoms. The number of carbonyl (C=O) groups excluding carboxylic acids is 1. The van der Waals surface area contributed by atoms with Crippen molar-refractivity contribution in [3.8, 4) is 5.75 Å². The van der Waals surface area contributed by atoms with Gasteiger partial charge in [-0.3, -0.25) is 14.5 Å². The Labute approximate surface area is 177 Å². The molecule has 1 amide bonds. The summed E-state index contributed by atoms with van der Waals surface area (Å²) in [6.45, 7) is 4.18. The van der Waals surface area contributed by atoms with Crippen LogP contribution in [0, 0.1) is 0 Å². The van der Waals surface area contributed by atoms with Crippen molar-refractivity contribution in [1.29, 1.82) is 0 Å². The molecule has 0 unspecified atom stereocenters. The van der Waals surface area contributed by atoms with E-state index in [0.29, 0.717) is 18.4 Å². The van der Waals surface area contributed by atoms with Gasteiger partial charge in [0.1, 0.15) is 24.5 Å². The fourth-order valence-electron chi connectivity index (χ4n) is 3.15. The summed E-state index contributed by atoms with van der Waals surface area (Å²) < 4.78 is 50.3. The van der Waals surface area contributed by atoms with Crippen molar-refractivity contribution in [3.05, 3.63) is 64.1 Å². The summed E-state index contributed by atoms with van der Waals surface area (Å²) in [4.78, 5) is 26.3. The highest BCUT2D eigenvalue weighted by Crippen LogP contribution is 2.25. The van der Waals surface area contributed by atoms with E-state index in [4.69, 9.17) is 9.47 Å². The zero-order chi connectivity index (χ0) is 22.3. The van der Waals surface area contributed by atoms with Gasteiger partial charge in [-0.2, -0.15) is 13.2 Å². The van der Waals surface area contributed by atoms with Crippen LogP contribution in [0.4, 0.5) is 13.2 Å². The molecule has 1 fully saturated rings. The minimum Gasteiger partial charge on any atom is -0.492 e. The molecular formula is C21H24F3N3O4. The molecule has 10 heteroatoms. The Morgan fingerprint density at radius 2 is 1.94 bits per heavy atom. The second kappa shape index (κ2) is 10.5. The van der Waals surface area contributed by atoms with Gasteiger partial charge in [-0.25, -0.2) is 0 Å². The number of ether oxygens (including phenoxy) is 2. The number of nitrogens with zero attached hydrogens (tertiary/aromatic N) is 2. The molecule has 2 aromatic rings. The molecule has 1 aliphatic heterocycles. The maximum Gasteiger partial charge on any atom is 0.421 e. The lowest BCUT2D eigenvalue weighted by molar-refractivity contribution is -0.139.